The summed E-state index contributed by atoms with van der Waals surface area (Å²) < 4.78 is 0. The zero-order valence-corrected chi connectivity index (χ0v) is 11.1. The summed E-state index contributed by atoms with van der Waals surface area (Å²) in [5.74, 6) is -2.80. The van der Waals surface area contributed by atoms with Crippen molar-refractivity contribution in [2.75, 3.05) is 0 Å². The molecule has 112 valence electrons. The van der Waals surface area contributed by atoms with Gasteiger partial charge >= 0.3 is 11.9 Å². The van der Waals surface area contributed by atoms with Crippen LogP contribution in [0.1, 0.15) is 12.0 Å². The zero-order chi connectivity index (χ0) is 15.6. The maximum absolute atomic E-state index is 11.4. The molecule has 0 bridgehead atoms. The summed E-state index contributed by atoms with van der Waals surface area (Å²) in [5.41, 5.74) is 4.61. The van der Waals surface area contributed by atoms with Gasteiger partial charge in [-0.15, -0.1) is 0 Å². The first-order chi connectivity index (χ1) is 9.84. The second kappa shape index (κ2) is 5.55. The average molecular weight is 292 g/mol. The van der Waals surface area contributed by atoms with E-state index in [2.05, 4.69) is 4.98 Å². The molecule has 2 aromatic rings. The van der Waals surface area contributed by atoms with Gasteiger partial charge in [-0.3, -0.25) is 4.79 Å². The first-order valence-corrected chi connectivity index (χ1v) is 6.32. The van der Waals surface area contributed by atoms with E-state index in [0.29, 0.717) is 5.56 Å². The number of H-pyrrole nitrogens is 1. The van der Waals surface area contributed by atoms with Crippen molar-refractivity contribution in [3.8, 4) is 0 Å². The second-order valence-electron chi connectivity index (χ2n) is 4.97. The van der Waals surface area contributed by atoms with Crippen molar-refractivity contribution in [2.45, 2.75) is 24.5 Å². The van der Waals surface area contributed by atoms with E-state index >= 15 is 0 Å². The van der Waals surface area contributed by atoms with Crippen molar-refractivity contribution in [3.63, 3.8) is 0 Å². The minimum Gasteiger partial charge on any atom is -0.481 e. The van der Waals surface area contributed by atoms with Crippen molar-refractivity contribution >= 4 is 22.8 Å². The molecule has 0 aliphatic heterocycles. The van der Waals surface area contributed by atoms with Crippen LogP contribution in [0.2, 0.25) is 0 Å². The molecule has 2 rings (SSSR count). The molecule has 1 aromatic heterocycles. The summed E-state index contributed by atoms with van der Waals surface area (Å²) in [4.78, 5) is 25.0. The number of aliphatic hydroxyl groups is 1. The zero-order valence-electron chi connectivity index (χ0n) is 11.1. The summed E-state index contributed by atoms with van der Waals surface area (Å²) >= 11 is 0. The topological polar surface area (TPSA) is 137 Å². The van der Waals surface area contributed by atoms with Crippen LogP contribution in [-0.2, 0) is 16.0 Å². The number of rotatable bonds is 6. The van der Waals surface area contributed by atoms with E-state index in [1.807, 2.05) is 12.1 Å². The highest BCUT2D eigenvalue weighted by atomic mass is 16.4. The van der Waals surface area contributed by atoms with Crippen LogP contribution in [0.3, 0.4) is 0 Å². The molecule has 2 unspecified atom stereocenters. The molecule has 6 N–H and O–H groups in total. The molecule has 2 atom stereocenters. The maximum Gasteiger partial charge on any atom is 0.337 e. The van der Waals surface area contributed by atoms with Gasteiger partial charge in [-0.25, -0.2) is 4.79 Å². The first kappa shape index (κ1) is 15.0. The molecule has 0 aliphatic rings. The number of aromatic nitrogens is 1. The molecular weight excluding hydrogens is 276 g/mol. The van der Waals surface area contributed by atoms with Gasteiger partial charge in [-0.2, -0.15) is 0 Å². The summed E-state index contributed by atoms with van der Waals surface area (Å²) in [6.07, 6.45) is 0.679. The lowest BCUT2D eigenvalue weighted by Crippen LogP contribution is -2.56. The van der Waals surface area contributed by atoms with Gasteiger partial charge in [0.15, 0.2) is 5.60 Å². The number of nitrogens with one attached hydrogen (secondary N) is 1. The molecule has 1 heterocycles. The Morgan fingerprint density at radius 1 is 1.29 bits per heavy atom. The molecule has 21 heavy (non-hydrogen) atoms. The Bertz CT molecular complexity index is 681. The summed E-state index contributed by atoms with van der Waals surface area (Å²) in [5, 5.41) is 29.1. The molecule has 0 saturated carbocycles. The largest absolute Gasteiger partial charge is 0.481 e. The van der Waals surface area contributed by atoms with E-state index in [1.54, 1.807) is 18.3 Å². The summed E-state index contributed by atoms with van der Waals surface area (Å²) in [6.45, 7) is 0. The third-order valence-corrected chi connectivity index (χ3v) is 3.51. The second-order valence-corrected chi connectivity index (χ2v) is 4.97. The van der Waals surface area contributed by atoms with Crippen molar-refractivity contribution < 1.29 is 24.9 Å². The Balaban J connectivity index is 2.35. The average Bonchev–Trinajstić information content (AvgIpc) is 2.81. The van der Waals surface area contributed by atoms with Crippen LogP contribution >= 0.6 is 0 Å². The Labute approximate surface area is 120 Å². The van der Waals surface area contributed by atoms with Gasteiger partial charge in [0, 0.05) is 23.5 Å². The Morgan fingerprint density at radius 3 is 2.57 bits per heavy atom. The number of para-hydroxylation sites is 1. The number of benzene rings is 1. The van der Waals surface area contributed by atoms with E-state index in [1.165, 1.54) is 0 Å². The highest BCUT2D eigenvalue weighted by Crippen LogP contribution is 2.25. The van der Waals surface area contributed by atoms with E-state index in [4.69, 9.17) is 10.8 Å². The molecule has 0 saturated heterocycles. The van der Waals surface area contributed by atoms with Crippen LogP contribution < -0.4 is 5.73 Å². The number of fused-ring (bicyclic) bond motifs is 1. The maximum atomic E-state index is 11.4. The quantitative estimate of drug-likeness (QED) is 0.520. The van der Waals surface area contributed by atoms with Gasteiger partial charge in [-0.05, 0) is 11.6 Å². The van der Waals surface area contributed by atoms with Gasteiger partial charge < -0.3 is 26.0 Å². The van der Waals surface area contributed by atoms with Crippen molar-refractivity contribution in [1.29, 1.82) is 0 Å². The fraction of sp³-hybridized carbons (Fsp3) is 0.286. The number of aliphatic carboxylic acids is 2. The Morgan fingerprint density at radius 2 is 1.95 bits per heavy atom. The van der Waals surface area contributed by atoms with Crippen molar-refractivity contribution in [3.05, 3.63) is 36.0 Å². The molecule has 1 aromatic carbocycles. The van der Waals surface area contributed by atoms with Crippen molar-refractivity contribution in [2.24, 2.45) is 5.73 Å². The molecular formula is C14H16N2O5. The van der Waals surface area contributed by atoms with E-state index in [0.717, 1.165) is 10.9 Å². The molecule has 7 nitrogen and oxygen atoms in total. The summed E-state index contributed by atoms with van der Waals surface area (Å²) in [6, 6.07) is 5.79. The Hall–Kier alpha value is -2.38. The van der Waals surface area contributed by atoms with E-state index < -0.39 is 30.0 Å². The lowest BCUT2D eigenvalue weighted by atomic mass is 9.86. The number of carboxylic acid groups (broad SMARTS) is 2. The normalized spacial score (nSPS) is 15.5. The minimum atomic E-state index is -2.34. The van der Waals surface area contributed by atoms with Gasteiger partial charge in [0.05, 0.1) is 12.5 Å². The molecule has 0 aliphatic carbocycles. The number of hydrogen-bond acceptors (Lipinski definition) is 4. The van der Waals surface area contributed by atoms with Crippen LogP contribution in [0.5, 0.6) is 0 Å². The number of aromatic amines is 1. The summed E-state index contributed by atoms with van der Waals surface area (Å²) in [7, 11) is 0. The Kier molecular flexibility index (Phi) is 3.97. The molecule has 0 amide bonds. The number of nitrogens with two attached hydrogens (primary N) is 1. The van der Waals surface area contributed by atoms with Crippen LogP contribution in [0.15, 0.2) is 30.5 Å². The monoisotopic (exact) mass is 292 g/mol. The van der Waals surface area contributed by atoms with E-state index in [-0.39, 0.29) is 6.42 Å². The molecule has 0 fully saturated rings. The van der Waals surface area contributed by atoms with E-state index in [9.17, 15) is 19.8 Å². The van der Waals surface area contributed by atoms with Crippen LogP contribution in [-0.4, -0.2) is 43.9 Å². The van der Waals surface area contributed by atoms with Crippen LogP contribution in [0.4, 0.5) is 0 Å². The predicted molar refractivity (Wildman–Crippen MR) is 74.8 cm³/mol. The number of carboxylic acids is 2. The number of hydrogen-bond donors (Lipinski definition) is 5. The highest BCUT2D eigenvalue weighted by Gasteiger charge is 2.43. The number of carbonyl (C=O) groups is 2. The smallest absolute Gasteiger partial charge is 0.337 e. The molecule has 0 spiro atoms. The van der Waals surface area contributed by atoms with Crippen LogP contribution in [0, 0.1) is 0 Å². The van der Waals surface area contributed by atoms with Gasteiger partial charge in [0.25, 0.3) is 0 Å². The van der Waals surface area contributed by atoms with Gasteiger partial charge in [-0.1, -0.05) is 18.2 Å². The fourth-order valence-corrected chi connectivity index (χ4v) is 2.29. The predicted octanol–water partition coefficient (Wildman–Crippen LogP) is 0.328. The lowest BCUT2D eigenvalue weighted by Gasteiger charge is -2.28. The third-order valence-electron chi connectivity index (χ3n) is 3.51. The van der Waals surface area contributed by atoms with Gasteiger partial charge in [0.2, 0.25) is 0 Å². The van der Waals surface area contributed by atoms with Crippen LogP contribution in [0.25, 0.3) is 10.9 Å². The van der Waals surface area contributed by atoms with Crippen molar-refractivity contribution in [1.82, 2.24) is 4.98 Å². The minimum absolute atomic E-state index is 0.277. The fourth-order valence-electron chi connectivity index (χ4n) is 2.29. The lowest BCUT2D eigenvalue weighted by molar-refractivity contribution is -0.162. The third kappa shape index (κ3) is 2.88. The molecule has 7 heteroatoms. The standard InChI is InChI=1S/C14H16N2O5/c15-11(5-12(17)18)14(21,13(19)20)6-8-7-16-10-4-2-1-3-9(8)10/h1-4,7,11,16,21H,5-6,15H2,(H,17,18)(H,19,20). The highest BCUT2D eigenvalue weighted by molar-refractivity contribution is 5.86. The SMILES string of the molecule is NC(CC(=O)O)C(O)(Cc1c[nH]c2ccccc12)C(=O)O. The van der Waals surface area contributed by atoms with Gasteiger partial charge in [0.1, 0.15) is 0 Å². The molecule has 0 radical (unpaired) electrons. The first-order valence-electron chi connectivity index (χ1n) is 6.32.